The molecule has 2 heterocycles. The van der Waals surface area contributed by atoms with E-state index in [0.717, 1.165) is 51.0 Å². The molecule has 1 aromatic heterocycles. The Kier molecular flexibility index (Phi) is 28.9. The van der Waals surface area contributed by atoms with Gasteiger partial charge in [0.2, 0.25) is 5.79 Å². The lowest BCUT2D eigenvalue weighted by Crippen LogP contribution is -2.31. The molecule has 1 aliphatic heterocycles. The van der Waals surface area contributed by atoms with Gasteiger partial charge in [-0.1, -0.05) is 146 Å². The number of pyridine rings is 1. The molecule has 0 radical (unpaired) electrons. The molecule has 0 aromatic carbocycles. The van der Waals surface area contributed by atoms with Crippen molar-refractivity contribution in [1.82, 2.24) is 9.88 Å². The van der Waals surface area contributed by atoms with Gasteiger partial charge in [-0.15, -0.1) is 0 Å². The van der Waals surface area contributed by atoms with Crippen molar-refractivity contribution in [1.29, 1.82) is 0 Å². The van der Waals surface area contributed by atoms with Crippen LogP contribution in [0.2, 0.25) is 0 Å². The van der Waals surface area contributed by atoms with Gasteiger partial charge in [-0.2, -0.15) is 0 Å². The van der Waals surface area contributed by atoms with E-state index in [4.69, 9.17) is 9.47 Å². The van der Waals surface area contributed by atoms with Crippen molar-refractivity contribution >= 4 is 0 Å². The molecule has 0 atom stereocenters. The van der Waals surface area contributed by atoms with Gasteiger partial charge in [0.05, 0.1) is 0 Å². The highest BCUT2D eigenvalue weighted by Gasteiger charge is 2.37. The van der Waals surface area contributed by atoms with Gasteiger partial charge in [-0.05, 0) is 95.7 Å². The van der Waals surface area contributed by atoms with Crippen molar-refractivity contribution in [2.24, 2.45) is 0 Å². The predicted octanol–water partition coefficient (Wildman–Crippen LogP) is 14.9. The summed E-state index contributed by atoms with van der Waals surface area (Å²) in [6.07, 6.45) is 57.9. The molecule has 1 aromatic rings. The van der Waals surface area contributed by atoms with Crippen LogP contribution in [0.4, 0.5) is 0 Å². The largest absolute Gasteiger partial charge is 0.456 e. The summed E-state index contributed by atoms with van der Waals surface area (Å²) >= 11 is 0. The van der Waals surface area contributed by atoms with Crippen molar-refractivity contribution in [2.45, 2.75) is 200 Å². The molecule has 2 rings (SSSR count). The molecule has 0 spiro atoms. The fraction of sp³-hybridized carbons (Fsp3) is 0.688. The maximum atomic E-state index is 6.67. The van der Waals surface area contributed by atoms with Crippen LogP contribution in [-0.2, 0) is 16.0 Å². The Hall–Kier alpha value is -2.59. The van der Waals surface area contributed by atoms with Gasteiger partial charge in [0.15, 0.2) is 0 Å². The summed E-state index contributed by atoms with van der Waals surface area (Å²) in [5.41, 5.74) is 1.24. The summed E-state index contributed by atoms with van der Waals surface area (Å²) in [7, 11) is 2.17. The van der Waals surface area contributed by atoms with Gasteiger partial charge in [-0.3, -0.25) is 4.98 Å². The van der Waals surface area contributed by atoms with E-state index in [1.165, 1.54) is 147 Å². The summed E-state index contributed by atoms with van der Waals surface area (Å²) in [4.78, 5) is 6.60. The molecule has 0 N–H and O–H groups in total. The first-order valence-corrected chi connectivity index (χ1v) is 21.9. The fourth-order valence-corrected chi connectivity index (χ4v) is 6.86. The minimum Gasteiger partial charge on any atom is -0.456 e. The van der Waals surface area contributed by atoms with Gasteiger partial charge in [0.25, 0.3) is 0 Å². The fourth-order valence-electron chi connectivity index (χ4n) is 6.86. The van der Waals surface area contributed by atoms with Crippen LogP contribution in [0.5, 0.6) is 0 Å². The normalized spacial score (nSPS) is 14.4. The Bertz CT molecular complexity index is 1040. The van der Waals surface area contributed by atoms with Crippen LogP contribution in [0, 0.1) is 0 Å². The molecule has 0 saturated heterocycles. The highest BCUT2D eigenvalue weighted by Crippen LogP contribution is 2.37. The van der Waals surface area contributed by atoms with E-state index in [-0.39, 0.29) is 0 Å². The second kappa shape index (κ2) is 33.0. The van der Waals surface area contributed by atoms with Crippen LogP contribution < -0.4 is 0 Å². The number of aromatic nitrogens is 1. The molecule has 0 aliphatic carbocycles. The van der Waals surface area contributed by atoms with Gasteiger partial charge in [-0.25, -0.2) is 0 Å². The molecule has 4 heteroatoms. The Morgan fingerprint density at radius 1 is 0.615 bits per heavy atom. The first kappa shape index (κ1) is 45.6. The molecule has 0 bridgehead atoms. The van der Waals surface area contributed by atoms with Crippen molar-refractivity contribution in [3.8, 4) is 0 Å². The van der Waals surface area contributed by atoms with E-state index < -0.39 is 5.79 Å². The highest BCUT2D eigenvalue weighted by atomic mass is 16.7. The molecule has 0 unspecified atom stereocenters. The number of allylic oxidation sites excluding steroid dienone is 8. The lowest BCUT2D eigenvalue weighted by Gasteiger charge is -2.29. The number of hydrogen-bond acceptors (Lipinski definition) is 4. The topological polar surface area (TPSA) is 34.6 Å². The van der Waals surface area contributed by atoms with Crippen molar-refractivity contribution in [2.75, 3.05) is 13.6 Å². The molecule has 0 fully saturated rings. The molecule has 52 heavy (non-hydrogen) atoms. The van der Waals surface area contributed by atoms with Crippen LogP contribution in [0.1, 0.15) is 193 Å². The van der Waals surface area contributed by atoms with Crippen LogP contribution in [0.3, 0.4) is 0 Å². The third-order valence-electron chi connectivity index (χ3n) is 10.2. The zero-order valence-corrected chi connectivity index (χ0v) is 34.2. The van der Waals surface area contributed by atoms with E-state index in [2.05, 4.69) is 85.5 Å². The van der Waals surface area contributed by atoms with Gasteiger partial charge < -0.3 is 14.4 Å². The van der Waals surface area contributed by atoms with Gasteiger partial charge >= 0.3 is 0 Å². The Morgan fingerprint density at radius 3 is 1.58 bits per heavy atom. The average Bonchev–Trinajstić information content (AvgIpc) is 3.57. The molecule has 294 valence electrons. The summed E-state index contributed by atoms with van der Waals surface area (Å²) < 4.78 is 13.1. The van der Waals surface area contributed by atoms with Crippen LogP contribution >= 0.6 is 0 Å². The minimum atomic E-state index is -0.457. The van der Waals surface area contributed by atoms with Crippen molar-refractivity contribution < 1.29 is 9.47 Å². The zero-order valence-electron chi connectivity index (χ0n) is 34.2. The van der Waals surface area contributed by atoms with Gasteiger partial charge in [0, 0.05) is 44.7 Å². The second-order valence-electron chi connectivity index (χ2n) is 15.2. The minimum absolute atomic E-state index is 0.457. The summed E-state index contributed by atoms with van der Waals surface area (Å²) in [5, 5.41) is 0. The third-order valence-corrected chi connectivity index (χ3v) is 10.2. The Labute approximate surface area is 322 Å². The zero-order chi connectivity index (χ0) is 37.1. The quantitative estimate of drug-likeness (QED) is 0.0517. The Balaban J connectivity index is 1.62. The van der Waals surface area contributed by atoms with E-state index >= 15 is 0 Å². The average molecular weight is 717 g/mol. The first-order valence-electron chi connectivity index (χ1n) is 21.9. The molecular formula is C48H80N2O2. The molecule has 1 aliphatic rings. The van der Waals surface area contributed by atoms with E-state index in [1.807, 2.05) is 24.7 Å². The van der Waals surface area contributed by atoms with Crippen LogP contribution in [0.25, 0.3) is 0 Å². The van der Waals surface area contributed by atoms with Crippen molar-refractivity contribution in [3.63, 3.8) is 0 Å². The third kappa shape index (κ3) is 25.4. The number of unbranched alkanes of at least 4 members (excludes halogenated alkanes) is 18. The smallest absolute Gasteiger partial charge is 0.250 e. The SMILES string of the molecule is CCCCC/C=C\C/C=C\CCCCCCCCC1(CCCCCCCC/C=C\C/C=C\CCCCC)OC=C(CCN(C)Cc2cccnc2)O1. The maximum absolute atomic E-state index is 6.67. The molecule has 4 nitrogen and oxygen atoms in total. The molecular weight excluding hydrogens is 637 g/mol. The first-order chi connectivity index (χ1) is 25.7. The summed E-state index contributed by atoms with van der Waals surface area (Å²) in [5.74, 6) is 0.556. The maximum Gasteiger partial charge on any atom is 0.250 e. The van der Waals surface area contributed by atoms with Crippen molar-refractivity contribution in [3.05, 3.63) is 90.7 Å². The summed E-state index contributed by atoms with van der Waals surface area (Å²) in [6.45, 7) is 6.37. The van der Waals surface area contributed by atoms with E-state index in [0.29, 0.717) is 0 Å². The van der Waals surface area contributed by atoms with E-state index in [1.54, 1.807) is 0 Å². The Morgan fingerprint density at radius 2 is 1.10 bits per heavy atom. The standard InChI is InChI=1S/C48H80N2O2/c1-4-6-8-10-12-14-16-18-20-22-24-26-28-30-32-34-39-48(51-45-47(52-48)38-42-50(3)44-46-37-36-41-49-43-46)40-35-33-31-29-27-25-23-21-19-17-15-13-11-9-7-5-2/h12-15,18-21,36-37,41,43,45H,4-11,16-17,22-35,38-40,42,44H2,1-3H3/b14-12-,15-13-,20-18-,21-19-. The number of hydrogen-bond donors (Lipinski definition) is 0. The number of nitrogens with zero attached hydrogens (tertiary/aromatic N) is 2. The van der Waals surface area contributed by atoms with E-state index in [9.17, 15) is 0 Å². The van der Waals surface area contributed by atoms with Gasteiger partial charge in [0.1, 0.15) is 12.0 Å². The lowest BCUT2D eigenvalue weighted by molar-refractivity contribution is -0.161. The van der Waals surface area contributed by atoms with Crippen LogP contribution in [-0.4, -0.2) is 29.3 Å². The van der Waals surface area contributed by atoms with Crippen LogP contribution in [0.15, 0.2) is 85.2 Å². The monoisotopic (exact) mass is 717 g/mol. The lowest BCUT2D eigenvalue weighted by atomic mass is 9.98. The molecule has 0 amide bonds. The highest BCUT2D eigenvalue weighted by molar-refractivity contribution is 5.08. The number of rotatable bonds is 35. The molecule has 0 saturated carbocycles. The summed E-state index contributed by atoms with van der Waals surface area (Å²) in [6, 6.07) is 4.15. The predicted molar refractivity (Wildman–Crippen MR) is 226 cm³/mol. The second-order valence-corrected chi connectivity index (χ2v) is 15.2. The number of ether oxygens (including phenoxy) is 2.